The predicted molar refractivity (Wildman–Crippen MR) is 87.0 cm³/mol. The van der Waals surface area contributed by atoms with Crippen molar-refractivity contribution in [2.24, 2.45) is 0 Å². The molecule has 1 aliphatic heterocycles. The highest BCUT2D eigenvalue weighted by Gasteiger charge is 2.35. The van der Waals surface area contributed by atoms with Crippen molar-refractivity contribution in [1.29, 1.82) is 0 Å². The van der Waals surface area contributed by atoms with Crippen molar-refractivity contribution >= 4 is 21.8 Å². The third-order valence-corrected chi connectivity index (χ3v) is 5.40. The zero-order valence-corrected chi connectivity index (χ0v) is 14.6. The zero-order chi connectivity index (χ0) is 16.0. The normalized spacial score (nSPS) is 21.7. The van der Waals surface area contributed by atoms with Crippen LogP contribution in [0.4, 0.5) is 0 Å². The number of hydrogen-bond donors (Lipinski definition) is 2. The summed E-state index contributed by atoms with van der Waals surface area (Å²) in [4.78, 5) is 19.3. The minimum atomic E-state index is -0.0748. The van der Waals surface area contributed by atoms with Crippen LogP contribution in [0.15, 0.2) is 4.47 Å². The second-order valence-electron chi connectivity index (χ2n) is 6.36. The standard InChI is InChI=1S/C15H19BrN6O/c1-8-17-14(21-18-8)10-4-2-3-7-22(10)15(23)13-11(16)12(19-20-13)9-5-6-9/h9-10H,2-7H2,1H3,(H,19,20)(H,17,18,21). The van der Waals surface area contributed by atoms with E-state index in [2.05, 4.69) is 41.3 Å². The monoisotopic (exact) mass is 378 g/mol. The molecule has 1 saturated heterocycles. The summed E-state index contributed by atoms with van der Waals surface area (Å²) in [6.07, 6.45) is 5.30. The molecule has 122 valence electrons. The maximum atomic E-state index is 13.0. The lowest BCUT2D eigenvalue weighted by Crippen LogP contribution is -2.39. The molecular formula is C15H19BrN6O. The van der Waals surface area contributed by atoms with Gasteiger partial charge in [-0.2, -0.15) is 10.2 Å². The van der Waals surface area contributed by atoms with Gasteiger partial charge in [0.2, 0.25) is 0 Å². The third kappa shape index (κ3) is 2.69. The number of nitrogens with one attached hydrogen (secondary N) is 2. The number of amides is 1. The van der Waals surface area contributed by atoms with Gasteiger partial charge in [-0.3, -0.25) is 15.0 Å². The van der Waals surface area contributed by atoms with Gasteiger partial charge in [0.05, 0.1) is 16.2 Å². The van der Waals surface area contributed by atoms with Gasteiger partial charge in [0, 0.05) is 12.5 Å². The Balaban J connectivity index is 1.62. The van der Waals surface area contributed by atoms with Crippen molar-refractivity contribution in [1.82, 2.24) is 30.3 Å². The molecule has 1 amide bonds. The van der Waals surface area contributed by atoms with Crippen molar-refractivity contribution in [3.63, 3.8) is 0 Å². The summed E-state index contributed by atoms with van der Waals surface area (Å²) in [5, 5.41) is 14.4. The molecule has 2 N–H and O–H groups in total. The average Bonchev–Trinajstić information content (AvgIpc) is 3.20. The SMILES string of the molecule is Cc1nc(C2CCCCN2C(=O)c2n[nH]c(C3CC3)c2Br)n[nH]1. The van der Waals surface area contributed by atoms with E-state index in [-0.39, 0.29) is 11.9 Å². The molecule has 2 aromatic rings. The third-order valence-electron chi connectivity index (χ3n) is 4.60. The molecule has 2 aromatic heterocycles. The van der Waals surface area contributed by atoms with Gasteiger partial charge in [0.25, 0.3) is 5.91 Å². The van der Waals surface area contributed by atoms with Gasteiger partial charge in [-0.05, 0) is 55.0 Å². The number of aromatic nitrogens is 5. The smallest absolute Gasteiger partial charge is 0.276 e. The Bertz CT molecular complexity index is 734. The van der Waals surface area contributed by atoms with Crippen molar-refractivity contribution in [2.45, 2.75) is 51.0 Å². The van der Waals surface area contributed by atoms with Gasteiger partial charge in [-0.25, -0.2) is 4.98 Å². The molecule has 1 unspecified atom stereocenters. The molecule has 2 aliphatic rings. The number of nitrogens with zero attached hydrogens (tertiary/aromatic N) is 4. The fraction of sp³-hybridized carbons (Fsp3) is 0.600. The molecule has 23 heavy (non-hydrogen) atoms. The Morgan fingerprint density at radius 3 is 2.74 bits per heavy atom. The van der Waals surface area contributed by atoms with E-state index >= 15 is 0 Å². The first-order valence-corrected chi connectivity index (χ1v) is 8.88. The maximum Gasteiger partial charge on any atom is 0.276 e. The van der Waals surface area contributed by atoms with Crippen LogP contribution in [0.5, 0.6) is 0 Å². The summed E-state index contributed by atoms with van der Waals surface area (Å²) < 4.78 is 0.820. The summed E-state index contributed by atoms with van der Waals surface area (Å²) in [5.74, 6) is 1.94. The van der Waals surface area contributed by atoms with Crippen LogP contribution in [-0.2, 0) is 0 Å². The van der Waals surface area contributed by atoms with Crippen LogP contribution in [0.3, 0.4) is 0 Å². The molecule has 0 bridgehead atoms. The molecule has 0 aromatic carbocycles. The topological polar surface area (TPSA) is 90.6 Å². The first-order valence-electron chi connectivity index (χ1n) is 8.08. The van der Waals surface area contributed by atoms with E-state index in [1.807, 2.05) is 11.8 Å². The lowest BCUT2D eigenvalue weighted by molar-refractivity contribution is 0.0593. The van der Waals surface area contributed by atoms with E-state index in [4.69, 9.17) is 0 Å². The number of carbonyl (C=O) groups is 1. The lowest BCUT2D eigenvalue weighted by atomic mass is 10.0. The highest BCUT2D eigenvalue weighted by atomic mass is 79.9. The van der Waals surface area contributed by atoms with Crippen molar-refractivity contribution < 1.29 is 4.79 Å². The lowest BCUT2D eigenvalue weighted by Gasteiger charge is -2.33. The number of carbonyl (C=O) groups excluding carboxylic acids is 1. The number of hydrogen-bond acceptors (Lipinski definition) is 4. The molecule has 7 nitrogen and oxygen atoms in total. The molecule has 0 spiro atoms. The Hall–Kier alpha value is -1.70. The van der Waals surface area contributed by atoms with Gasteiger partial charge in [-0.1, -0.05) is 0 Å². The second-order valence-corrected chi connectivity index (χ2v) is 7.16. The summed E-state index contributed by atoms with van der Waals surface area (Å²) in [5.41, 5.74) is 1.53. The van der Waals surface area contributed by atoms with E-state index < -0.39 is 0 Å². The zero-order valence-electron chi connectivity index (χ0n) is 13.0. The van der Waals surface area contributed by atoms with Crippen LogP contribution >= 0.6 is 15.9 Å². The molecule has 3 heterocycles. The predicted octanol–water partition coefficient (Wildman–Crippen LogP) is 2.84. The van der Waals surface area contributed by atoms with Gasteiger partial charge < -0.3 is 4.90 Å². The highest BCUT2D eigenvalue weighted by Crippen LogP contribution is 2.43. The number of H-pyrrole nitrogens is 2. The number of aryl methyl sites for hydroxylation is 1. The fourth-order valence-corrected chi connectivity index (χ4v) is 3.88. The molecule has 1 aliphatic carbocycles. The molecule has 8 heteroatoms. The van der Waals surface area contributed by atoms with E-state index in [1.165, 1.54) is 0 Å². The molecule has 0 radical (unpaired) electrons. The summed E-state index contributed by atoms with van der Waals surface area (Å²) in [6, 6.07) is -0.0748. The number of aromatic amines is 2. The molecule has 4 rings (SSSR count). The Morgan fingerprint density at radius 2 is 2.04 bits per heavy atom. The second kappa shape index (κ2) is 5.74. The summed E-state index contributed by atoms with van der Waals surface area (Å²) in [6.45, 7) is 2.59. The fourth-order valence-electron chi connectivity index (χ4n) is 3.21. The Morgan fingerprint density at radius 1 is 1.22 bits per heavy atom. The maximum absolute atomic E-state index is 13.0. The van der Waals surface area contributed by atoms with Crippen molar-refractivity contribution in [3.05, 3.63) is 27.5 Å². The summed E-state index contributed by atoms with van der Waals surface area (Å²) in [7, 11) is 0. The highest BCUT2D eigenvalue weighted by molar-refractivity contribution is 9.10. The van der Waals surface area contributed by atoms with Crippen LogP contribution in [0, 0.1) is 6.92 Å². The van der Waals surface area contributed by atoms with Crippen molar-refractivity contribution in [3.8, 4) is 0 Å². The average molecular weight is 379 g/mol. The number of likely N-dealkylation sites (tertiary alicyclic amines) is 1. The molecule has 1 saturated carbocycles. The minimum absolute atomic E-state index is 0.0489. The first kappa shape index (κ1) is 14.9. The van der Waals surface area contributed by atoms with Gasteiger partial charge in [0.1, 0.15) is 5.82 Å². The number of halogens is 1. The summed E-state index contributed by atoms with van der Waals surface area (Å²) >= 11 is 3.56. The van der Waals surface area contributed by atoms with E-state index in [0.717, 1.165) is 54.6 Å². The molecule has 2 fully saturated rings. The number of piperidine rings is 1. The largest absolute Gasteiger partial charge is 0.327 e. The van der Waals surface area contributed by atoms with Crippen LogP contribution < -0.4 is 0 Å². The van der Waals surface area contributed by atoms with E-state index in [9.17, 15) is 4.79 Å². The molecular weight excluding hydrogens is 360 g/mol. The quantitative estimate of drug-likeness (QED) is 0.858. The van der Waals surface area contributed by atoms with Crippen LogP contribution in [-0.4, -0.2) is 42.7 Å². The van der Waals surface area contributed by atoms with Gasteiger partial charge in [-0.15, -0.1) is 0 Å². The molecule has 1 atom stereocenters. The Labute approximate surface area is 142 Å². The van der Waals surface area contributed by atoms with E-state index in [0.29, 0.717) is 17.4 Å². The minimum Gasteiger partial charge on any atom is -0.327 e. The Kier molecular flexibility index (Phi) is 3.71. The van der Waals surface area contributed by atoms with Crippen LogP contribution in [0.1, 0.15) is 71.9 Å². The van der Waals surface area contributed by atoms with Crippen LogP contribution in [0.25, 0.3) is 0 Å². The first-order chi connectivity index (χ1) is 11.1. The number of rotatable bonds is 3. The van der Waals surface area contributed by atoms with Crippen LogP contribution in [0.2, 0.25) is 0 Å². The van der Waals surface area contributed by atoms with Gasteiger partial charge >= 0.3 is 0 Å². The van der Waals surface area contributed by atoms with E-state index in [1.54, 1.807) is 0 Å². The van der Waals surface area contributed by atoms with Gasteiger partial charge in [0.15, 0.2) is 11.5 Å². The van der Waals surface area contributed by atoms with Crippen molar-refractivity contribution in [2.75, 3.05) is 6.54 Å².